The zero-order chi connectivity index (χ0) is 90.0. The molecule has 0 saturated heterocycles. The summed E-state index contributed by atoms with van der Waals surface area (Å²) in [6.45, 7) is 22.5. The number of rotatable bonds is 18. The van der Waals surface area contributed by atoms with Gasteiger partial charge in [-0.2, -0.15) is 0 Å². The third-order valence-electron chi connectivity index (χ3n) is 15.9. The molecule has 8 aromatic carbocycles. The van der Waals surface area contributed by atoms with Crippen LogP contribution in [-0.4, -0.2) is 80.5 Å². The van der Waals surface area contributed by atoms with Crippen molar-refractivity contribution in [2.24, 2.45) is 0 Å². The van der Waals surface area contributed by atoms with Gasteiger partial charge in [0.05, 0.1) is 65.6 Å². The van der Waals surface area contributed by atoms with E-state index in [0.717, 1.165) is 90.3 Å². The molecule has 33 heteroatoms. The first-order chi connectivity index (χ1) is 58.1. The number of aliphatic hydroxyl groups is 1. The molecule has 0 bridgehead atoms. The number of benzene rings is 8. The van der Waals surface area contributed by atoms with Crippen LogP contribution < -0.4 is 14.2 Å². The summed E-state index contributed by atoms with van der Waals surface area (Å²) in [7, 11) is 2.63. The van der Waals surface area contributed by atoms with E-state index in [1.807, 2.05) is 51.4 Å². The van der Waals surface area contributed by atoms with E-state index < -0.39 is 11.9 Å². The van der Waals surface area contributed by atoms with Gasteiger partial charge in [0.15, 0.2) is 14.3 Å². The lowest BCUT2D eigenvalue weighted by atomic mass is 10.1. The minimum Gasteiger partial charge on any atom is -0.508 e. The number of carbonyl (C=O) groups excluding carboxylic acids is 2. The summed E-state index contributed by atoms with van der Waals surface area (Å²) in [6.07, 6.45) is 6.15. The maximum atomic E-state index is 11.2. The van der Waals surface area contributed by atoms with Crippen molar-refractivity contribution in [3.63, 3.8) is 0 Å². The summed E-state index contributed by atoms with van der Waals surface area (Å²) in [5, 5.41) is 26.9. The zero-order valence-electron chi connectivity index (χ0n) is 68.4. The smallest absolute Gasteiger partial charge is 0.343 e. The Morgan fingerprint density at radius 3 is 1.17 bits per heavy atom. The Hall–Kier alpha value is -4.60. The van der Waals surface area contributed by atoms with Crippen LogP contribution in [0.15, 0.2) is 223 Å². The van der Waals surface area contributed by atoms with Gasteiger partial charge in [-0.15, -0.1) is 68.0 Å². The van der Waals surface area contributed by atoms with Gasteiger partial charge in [-0.3, -0.25) is 4.98 Å². The van der Waals surface area contributed by atoms with Crippen molar-refractivity contribution in [3.05, 3.63) is 297 Å². The number of halogens is 12. The first kappa shape index (κ1) is 108. The maximum Gasteiger partial charge on any atom is 0.343 e. The predicted molar refractivity (Wildman–Crippen MR) is 555 cm³/mol. The molecule has 0 aliphatic heterocycles. The minimum atomic E-state index is -0.433. The van der Waals surface area contributed by atoms with Crippen LogP contribution in [0.2, 0.25) is 0 Å². The van der Waals surface area contributed by atoms with E-state index in [9.17, 15) is 9.59 Å². The van der Waals surface area contributed by atoms with Crippen LogP contribution in [0.25, 0.3) is 52.2 Å². The predicted octanol–water partition coefficient (Wildman–Crippen LogP) is 32.1. The van der Waals surface area contributed by atoms with Gasteiger partial charge in [0.2, 0.25) is 0 Å². The molecule has 0 radical (unpaired) electrons. The van der Waals surface area contributed by atoms with Gasteiger partial charge in [0.1, 0.15) is 63.0 Å². The van der Waals surface area contributed by atoms with Crippen LogP contribution in [0, 0.1) is 69.2 Å². The lowest BCUT2D eigenvalue weighted by Crippen LogP contribution is -2.13. The molecule has 0 saturated carbocycles. The number of esters is 2. The Bertz CT molecular complexity index is 5310. The fraction of sp³-hybridized carbons (Fsp3) is 0.236. The highest BCUT2D eigenvalue weighted by Crippen LogP contribution is 2.41. The number of methoxy groups -OCH3 is 2. The number of aryl methyl sites for hydroxylation is 11. The number of alkyl halides is 5. The third kappa shape index (κ3) is 41.2. The van der Waals surface area contributed by atoms with Crippen LogP contribution >= 0.6 is 256 Å². The molecule has 0 spiro atoms. The number of aromatic hydroxyl groups is 1. The van der Waals surface area contributed by atoms with E-state index in [4.69, 9.17) is 24.4 Å². The van der Waals surface area contributed by atoms with Crippen LogP contribution in [-0.2, 0) is 44.0 Å². The summed E-state index contributed by atoms with van der Waals surface area (Å²) in [6, 6.07) is 60.8. The largest absolute Gasteiger partial charge is 0.508 e. The van der Waals surface area contributed by atoms with E-state index in [2.05, 4.69) is 414 Å². The van der Waals surface area contributed by atoms with Gasteiger partial charge in [0, 0.05) is 50.5 Å². The fourth-order valence-corrected chi connectivity index (χ4v) is 18.3. The molecule has 0 fully saturated rings. The highest BCUT2D eigenvalue weighted by atomic mass is 80.9. The number of phenolic OH excluding ortho intramolecular Hbond substituents is 1. The van der Waals surface area contributed by atoms with Gasteiger partial charge in [-0.05, 0) is 296 Å². The number of ether oxygens (including phenoxy) is 5. The number of hydrogen-bond donors (Lipinski definition) is 2. The average molecular weight is 2540 g/mol. The van der Waals surface area contributed by atoms with Crippen LogP contribution in [0.3, 0.4) is 0 Å². The van der Waals surface area contributed by atoms with Crippen molar-refractivity contribution in [2.75, 3.05) is 27.4 Å². The zero-order valence-corrected chi connectivity index (χ0v) is 92.4. The van der Waals surface area contributed by atoms with Crippen molar-refractivity contribution >= 4 is 268 Å². The van der Waals surface area contributed by atoms with Gasteiger partial charge in [-0.25, -0.2) is 34.5 Å². The Kier molecular flexibility index (Phi) is 51.4. The van der Waals surface area contributed by atoms with E-state index in [1.54, 1.807) is 88.0 Å². The third-order valence-corrected chi connectivity index (χ3v) is 26.6. The molecule has 0 atom stereocenters. The van der Waals surface area contributed by atoms with Gasteiger partial charge >= 0.3 is 11.9 Å². The Labute approximate surface area is 838 Å². The maximum absolute atomic E-state index is 11.2. The van der Waals surface area contributed by atoms with Gasteiger partial charge < -0.3 is 33.9 Å². The standard InChI is InChI=1S/C21H20BrNO4S.C11H9Br2NS.C11H10BrNOS.C11H10BrNS.C11H11NS.C10H12O4.C9H11Br.C4H5NS.CBr4.Br2/c1-13-4-6-15(7-5-13)20-21(22)23-18(28-20)11-26-16-8-9-17(14(2)10-16)27-12-19(24)25-3;1-7-2-4-8(5-3-7)10-11(13)14-9(6-12)15-10;1-7-2-4-8(5-3-7)10-11(12)13-9(6-14)15-10;1-7-3-5-9(6-4-7)10-11(12)13-8(2)14-10;1-8-3-5-10(6-4-8)11-7-12-9(2)13-11;1-7-5-8(11)3-4-9(7)14-6-10(12)13-2;1-2-3-8-4-6-9(10)7-5-8;1-4-5-2-3-6-4;2-1(3,4)5;1-2/h4-10H,11-12H2,1-3H3;2-5H,6H2,1H3;2-5,14H,6H2,1H3;3-6H,1-2H3;3-7H,1-2H3;3-5,11H,6H2,1-2H3;4-7H,2-3H2,1H3;2-3H,1H3;;. The molecular weight excluding hydrogens is 2450 g/mol. The SMILES string of the molecule is BrBr.BrC(Br)(Br)Br.CCCc1ccc(Br)cc1.COC(=O)COc1ccc(O)cc1C.COC(=O)COc1ccc(OCc2nc(Br)c(-c3ccc(C)cc3)s2)cc1C.Cc1ccc(-c2cnc(C)s2)cc1.Cc1ccc(-c2sc(C)nc2Br)cc1.Cc1ccc(-c2sc(CBr)nc2Br)cc1.Cc1ccc(-c2sc(CO)nc2Br)cc1.Cc1nccs1. The fourth-order valence-electron chi connectivity index (χ4n) is 9.80. The monoisotopic (exact) mass is 2520 g/mol. The molecule has 15 nitrogen and oxygen atoms in total. The van der Waals surface area contributed by atoms with E-state index >= 15 is 0 Å². The van der Waals surface area contributed by atoms with E-state index in [0.29, 0.717) is 23.9 Å². The molecular formula is C89H88Br12N6O9S6. The number of hydrogen-bond acceptors (Lipinski definition) is 21. The molecule has 2 N–H and O–H groups in total. The summed E-state index contributed by atoms with van der Waals surface area (Å²) in [5.74, 6) is 1.22. The first-order valence-electron chi connectivity index (χ1n) is 36.6. The number of aliphatic hydroxyl groups excluding tert-OH is 1. The average Bonchev–Trinajstić information content (AvgIpc) is 1.74. The Morgan fingerprint density at radius 2 is 0.836 bits per heavy atom. The summed E-state index contributed by atoms with van der Waals surface area (Å²) < 4.78 is 29.9. The second-order valence-electron chi connectivity index (χ2n) is 25.7. The van der Waals surface area contributed by atoms with E-state index in [1.165, 1.54) is 109 Å². The summed E-state index contributed by atoms with van der Waals surface area (Å²) in [5.41, 5.74) is 15.4. The molecule has 0 amide bonds. The molecule has 14 rings (SSSR count). The Balaban J connectivity index is 0.000000252. The molecule has 0 unspecified atom stereocenters. The molecule has 0 aliphatic rings. The van der Waals surface area contributed by atoms with Gasteiger partial charge in [-0.1, -0.05) is 206 Å². The summed E-state index contributed by atoms with van der Waals surface area (Å²) in [4.78, 5) is 53.5. The van der Waals surface area contributed by atoms with Crippen molar-refractivity contribution in [2.45, 2.75) is 109 Å². The lowest BCUT2D eigenvalue weighted by molar-refractivity contribution is -0.143. The normalized spacial score (nSPS) is 10.2. The topological polar surface area (TPSA) is 198 Å². The van der Waals surface area contributed by atoms with E-state index in [-0.39, 0.29) is 26.6 Å². The van der Waals surface area contributed by atoms with Crippen molar-refractivity contribution in [3.8, 4) is 75.2 Å². The van der Waals surface area contributed by atoms with Crippen LogP contribution in [0.5, 0.6) is 23.0 Å². The molecule has 0 aliphatic carbocycles. The quantitative estimate of drug-likeness (QED) is 0.0607. The molecule has 122 heavy (non-hydrogen) atoms. The Morgan fingerprint density at radius 1 is 0.443 bits per heavy atom. The summed E-state index contributed by atoms with van der Waals surface area (Å²) >= 11 is 48.7. The molecule has 648 valence electrons. The number of carbonyl (C=O) groups is 2. The van der Waals surface area contributed by atoms with Crippen molar-refractivity contribution in [1.29, 1.82) is 0 Å². The molecule has 6 aromatic heterocycles. The highest BCUT2D eigenvalue weighted by molar-refractivity contribution is 9.93. The first-order valence-corrected chi connectivity index (χ1v) is 53.5. The van der Waals surface area contributed by atoms with Gasteiger partial charge in [0.25, 0.3) is 0 Å². The minimum absolute atomic E-state index is 0.00483. The molecule has 6 heterocycles. The van der Waals surface area contributed by atoms with Crippen molar-refractivity contribution in [1.82, 2.24) is 29.9 Å². The second kappa shape index (κ2) is 58.1. The highest BCUT2D eigenvalue weighted by Gasteiger charge is 2.16. The molecule has 14 aromatic rings. The second-order valence-corrected chi connectivity index (χ2v) is 48.1. The lowest BCUT2D eigenvalue weighted by Gasteiger charge is -2.10. The number of thiazole rings is 6. The van der Waals surface area contributed by atoms with Crippen LogP contribution in [0.4, 0.5) is 0 Å². The van der Waals surface area contributed by atoms with Crippen molar-refractivity contribution < 1.29 is 43.5 Å². The number of phenols is 1. The number of aromatic nitrogens is 6. The van der Waals surface area contributed by atoms with Crippen LogP contribution in [0.1, 0.15) is 87.9 Å². The number of nitrogens with zero attached hydrogens (tertiary/aromatic N) is 6.